The minimum absolute atomic E-state index is 0.0749. The van der Waals surface area contributed by atoms with Gasteiger partial charge in [-0.05, 0) is 72.6 Å². The van der Waals surface area contributed by atoms with Crippen molar-refractivity contribution in [1.82, 2.24) is 10.2 Å². The molecule has 55 heavy (non-hydrogen) atoms. The molecule has 6 N–H and O–H groups in total. The minimum atomic E-state index is -1.38. The number of amides is 1. The van der Waals surface area contributed by atoms with E-state index in [0.29, 0.717) is 32.0 Å². The quantitative estimate of drug-likeness (QED) is 0.121. The number of carboxylic acids is 1. The first-order chi connectivity index (χ1) is 25.4. The molecule has 0 unspecified atom stereocenters. The van der Waals surface area contributed by atoms with Crippen LogP contribution in [0.25, 0.3) is 0 Å². The summed E-state index contributed by atoms with van der Waals surface area (Å²) in [6, 6.07) is 6.65. The monoisotopic (exact) mass is 968 g/mol. The van der Waals surface area contributed by atoms with Crippen molar-refractivity contribution in [3.05, 3.63) is 35.9 Å². The Morgan fingerprint density at radius 3 is 1.93 bits per heavy atom. The van der Waals surface area contributed by atoms with E-state index in [1.54, 1.807) is 20.8 Å². The molecule has 0 saturated carbocycles. The zero-order valence-corrected chi connectivity index (χ0v) is 38.0. The number of esters is 1. The van der Waals surface area contributed by atoms with Gasteiger partial charge in [-0.3, -0.25) is 15.0 Å². The van der Waals surface area contributed by atoms with Crippen LogP contribution in [0.5, 0.6) is 0 Å². The highest BCUT2D eigenvalue weighted by molar-refractivity contribution is 9.69. The summed E-state index contributed by atoms with van der Waals surface area (Å²) in [5.74, 6) is -1.56. The predicted molar refractivity (Wildman–Crippen MR) is 223 cm³/mol. The molecule has 3 heterocycles. The number of ether oxygens (including phenoxy) is 2. The van der Waals surface area contributed by atoms with Gasteiger partial charge >= 0.3 is 35.5 Å². The number of rotatable bonds is 12. The SMILES string of the molecule is BrB(Br)Br.COC(=O)[C@H]1N(C(=O)OCc2ccccc2)[C@H](C)[C@H](O)[C@@]1(C)CCCB1OC(C)(C)C(C)(C)O1.C[C@H]1N[C@H](C(=O)O)[C@](C)(CCCB(O)O)[C@H]1O. The maximum absolute atomic E-state index is 13.1. The molecule has 0 aliphatic carbocycles. The Morgan fingerprint density at radius 2 is 1.44 bits per heavy atom. The zero-order valence-electron chi connectivity index (χ0n) is 33.2. The highest BCUT2D eigenvalue weighted by Crippen LogP contribution is 2.46. The smallest absolute Gasteiger partial charge is 0.457 e. The fourth-order valence-corrected chi connectivity index (χ4v) is 7.59. The number of methoxy groups -OCH3 is 1. The summed E-state index contributed by atoms with van der Waals surface area (Å²) in [6.07, 6.45) is 0.462. The molecule has 1 amide bonds. The highest BCUT2D eigenvalue weighted by atomic mass is 79.9. The number of nitrogens with one attached hydrogen (secondary N) is 1. The summed E-state index contributed by atoms with van der Waals surface area (Å²) < 4.78 is 23.0. The lowest BCUT2D eigenvalue weighted by molar-refractivity contribution is -0.150. The second-order valence-corrected chi connectivity index (χ2v) is 22.4. The van der Waals surface area contributed by atoms with Crippen molar-refractivity contribution in [2.24, 2.45) is 10.8 Å². The van der Waals surface area contributed by atoms with Gasteiger partial charge in [0.2, 0.25) is 0 Å². The first-order valence-corrected chi connectivity index (χ1v) is 21.2. The van der Waals surface area contributed by atoms with E-state index < -0.39 is 77.5 Å². The fourth-order valence-electron chi connectivity index (χ4n) is 7.59. The topological polar surface area (TPSA) is 205 Å². The van der Waals surface area contributed by atoms with E-state index >= 15 is 0 Å². The van der Waals surface area contributed by atoms with Crippen molar-refractivity contribution < 1.29 is 58.5 Å². The van der Waals surface area contributed by atoms with Crippen molar-refractivity contribution in [2.75, 3.05) is 7.11 Å². The highest BCUT2D eigenvalue weighted by Gasteiger charge is 2.60. The van der Waals surface area contributed by atoms with Gasteiger partial charge in [0, 0.05) is 16.9 Å². The molecular formula is C35H58B3Br3N2O12. The Hall–Kier alpha value is -1.22. The van der Waals surface area contributed by atoms with Crippen LogP contribution in [0.3, 0.4) is 0 Å². The molecule has 8 atom stereocenters. The zero-order chi connectivity index (χ0) is 42.1. The first-order valence-electron chi connectivity index (χ1n) is 18.4. The van der Waals surface area contributed by atoms with Gasteiger partial charge in [0.05, 0.1) is 36.6 Å². The molecule has 1 aromatic rings. The van der Waals surface area contributed by atoms with Crippen molar-refractivity contribution >= 4 is 82.7 Å². The van der Waals surface area contributed by atoms with E-state index in [1.165, 1.54) is 12.0 Å². The van der Waals surface area contributed by atoms with E-state index in [9.17, 15) is 24.6 Å². The number of hydrogen-bond donors (Lipinski definition) is 6. The lowest BCUT2D eigenvalue weighted by atomic mass is 9.72. The van der Waals surface area contributed by atoms with Crippen LogP contribution in [0, 0.1) is 10.8 Å². The van der Waals surface area contributed by atoms with Gasteiger partial charge in [-0.1, -0.05) is 57.0 Å². The van der Waals surface area contributed by atoms with Crippen LogP contribution in [0.4, 0.5) is 4.79 Å². The Labute approximate surface area is 351 Å². The molecule has 0 spiro atoms. The number of likely N-dealkylation sites (tertiary alicyclic amines) is 1. The molecule has 1 aromatic carbocycles. The molecule has 4 rings (SSSR count). The average Bonchev–Trinajstić information content (AvgIpc) is 3.54. The molecule has 3 fully saturated rings. The van der Waals surface area contributed by atoms with Gasteiger partial charge < -0.3 is 44.2 Å². The number of aliphatic carboxylic acids is 1. The van der Waals surface area contributed by atoms with Crippen LogP contribution in [0.15, 0.2) is 30.3 Å². The molecule has 0 aromatic heterocycles. The molecule has 20 heteroatoms. The number of aliphatic hydroxyl groups is 2. The molecule has 0 bridgehead atoms. The molecule has 0 radical (unpaired) electrons. The van der Waals surface area contributed by atoms with Gasteiger partial charge in [0.15, 0.2) is 0 Å². The molecular weight excluding hydrogens is 913 g/mol. The lowest BCUT2D eigenvalue weighted by Crippen LogP contribution is -2.49. The standard InChI is InChI=1S/C25H38BNO7.C10H20BNO5.BBr3/c1-17-20(28)25(6,14-11-15-26-33-23(2,3)24(4,5)34-26)19(21(29)31-7)27(17)22(30)32-16-18-12-9-8-10-13-18;1-6-8(13)10(2,4-3-5-11(16)17)7(12-6)9(14)15;2-1(3)4/h8-10,12-13,17,19-20,28H,11,14-16H2,1-7H3;6-8,12-13,16-17H,3-5H2,1-2H3,(H,14,15);/t17-,19-,20+,25+;6-,7-,8+,10+;/m11./s1. The predicted octanol–water partition coefficient (Wildman–Crippen LogP) is 5.02. The summed E-state index contributed by atoms with van der Waals surface area (Å²) in [7, 11) is -0.463. The van der Waals surface area contributed by atoms with Gasteiger partial charge in [0.25, 0.3) is 0 Å². The van der Waals surface area contributed by atoms with E-state index in [1.807, 2.05) is 65.0 Å². The van der Waals surface area contributed by atoms with Crippen molar-refractivity contribution in [1.29, 1.82) is 0 Å². The van der Waals surface area contributed by atoms with Crippen LogP contribution < -0.4 is 5.32 Å². The second-order valence-electron chi connectivity index (χ2n) is 15.9. The normalized spacial score (nSPS) is 30.4. The number of carbonyl (C=O) groups is 3. The third-order valence-electron chi connectivity index (χ3n) is 11.4. The number of aliphatic hydroxyl groups excluding tert-OH is 2. The van der Waals surface area contributed by atoms with Gasteiger partial charge in [-0.2, -0.15) is 0 Å². The van der Waals surface area contributed by atoms with Crippen LogP contribution >= 0.6 is 47.3 Å². The van der Waals surface area contributed by atoms with E-state index in [-0.39, 0.29) is 29.3 Å². The van der Waals surface area contributed by atoms with Crippen molar-refractivity contribution in [3.8, 4) is 0 Å². The van der Waals surface area contributed by atoms with E-state index in [0.717, 1.165) is 5.56 Å². The lowest BCUT2D eigenvalue weighted by Gasteiger charge is -2.34. The third kappa shape index (κ3) is 12.9. The molecule has 3 aliphatic heterocycles. The number of benzene rings is 1. The van der Waals surface area contributed by atoms with E-state index in [2.05, 4.69) is 52.6 Å². The summed E-state index contributed by atoms with van der Waals surface area (Å²) in [6.45, 7) is 15.1. The molecule has 3 aliphatic rings. The van der Waals surface area contributed by atoms with Crippen LogP contribution in [-0.2, 0) is 35.0 Å². The Kier molecular flexibility index (Phi) is 19.2. The molecule has 310 valence electrons. The fraction of sp³-hybridized carbons (Fsp3) is 0.743. The average molecular weight is 971 g/mol. The number of carbonyl (C=O) groups excluding carboxylic acids is 2. The van der Waals surface area contributed by atoms with Crippen molar-refractivity contribution in [2.45, 2.75) is 148 Å². The Morgan fingerprint density at radius 1 is 0.909 bits per heavy atom. The van der Waals surface area contributed by atoms with Gasteiger partial charge in [0.1, 0.15) is 18.7 Å². The number of nitrogens with zero attached hydrogens (tertiary/aromatic N) is 1. The first kappa shape index (κ1) is 49.9. The Balaban J connectivity index is 0.000000414. The summed E-state index contributed by atoms with van der Waals surface area (Å²) in [4.78, 5) is 38.4. The number of halogens is 3. The third-order valence-corrected chi connectivity index (χ3v) is 11.4. The Bertz CT molecular complexity index is 1390. The maximum Gasteiger partial charge on any atom is 0.457 e. The summed E-state index contributed by atoms with van der Waals surface area (Å²) in [5.41, 5.74) is -1.70. The second kappa shape index (κ2) is 21.2. The molecule has 3 saturated heterocycles. The van der Waals surface area contributed by atoms with Gasteiger partial charge in [-0.25, -0.2) is 9.59 Å². The summed E-state index contributed by atoms with van der Waals surface area (Å²) >= 11 is 9.31. The van der Waals surface area contributed by atoms with Crippen LogP contribution in [-0.4, -0.2) is 120 Å². The minimum Gasteiger partial charge on any atom is -0.480 e. The van der Waals surface area contributed by atoms with Crippen LogP contribution in [0.1, 0.15) is 86.6 Å². The van der Waals surface area contributed by atoms with Gasteiger partial charge in [-0.15, -0.1) is 47.3 Å². The van der Waals surface area contributed by atoms with Crippen LogP contribution in [0.2, 0.25) is 12.6 Å². The largest absolute Gasteiger partial charge is 0.480 e. The number of hydrogen-bond acceptors (Lipinski definition) is 12. The summed E-state index contributed by atoms with van der Waals surface area (Å²) in [5, 5.41) is 50.7. The number of carboxylic acid groups (broad SMARTS) is 1. The maximum atomic E-state index is 13.1. The van der Waals surface area contributed by atoms with E-state index in [4.69, 9.17) is 33.9 Å². The molecule has 14 nitrogen and oxygen atoms in total. The van der Waals surface area contributed by atoms with Crippen molar-refractivity contribution in [3.63, 3.8) is 0 Å².